The third-order valence-corrected chi connectivity index (χ3v) is 3.36. The summed E-state index contributed by atoms with van der Waals surface area (Å²) < 4.78 is 10.3. The fraction of sp³-hybridized carbons (Fsp3) is 0.500. The first-order valence-corrected chi connectivity index (χ1v) is 7.33. The third kappa shape index (κ3) is 4.74. The SMILES string of the molecule is COc1ccc(OC)c(C(=O)NC(C)CCCBr)c1. The molecule has 1 rings (SSSR count). The second-order valence-corrected chi connectivity index (χ2v) is 5.06. The van der Waals surface area contributed by atoms with Gasteiger partial charge in [0.1, 0.15) is 11.5 Å². The predicted molar refractivity (Wildman–Crippen MR) is 79.5 cm³/mol. The fourth-order valence-electron chi connectivity index (χ4n) is 1.75. The first kappa shape index (κ1) is 15.8. The van der Waals surface area contributed by atoms with Crippen LogP contribution in [0, 0.1) is 0 Å². The van der Waals surface area contributed by atoms with E-state index in [0.717, 1.165) is 18.2 Å². The van der Waals surface area contributed by atoms with Gasteiger partial charge in [0.05, 0.1) is 19.8 Å². The number of methoxy groups -OCH3 is 2. The lowest BCUT2D eigenvalue weighted by molar-refractivity contribution is 0.0935. The highest BCUT2D eigenvalue weighted by molar-refractivity contribution is 9.09. The van der Waals surface area contributed by atoms with Crippen LogP contribution in [0.5, 0.6) is 11.5 Å². The number of benzene rings is 1. The summed E-state index contributed by atoms with van der Waals surface area (Å²) in [6.45, 7) is 1.99. The van der Waals surface area contributed by atoms with Crippen LogP contribution in [-0.2, 0) is 0 Å². The average Bonchev–Trinajstić information content (AvgIpc) is 2.44. The van der Waals surface area contributed by atoms with E-state index in [-0.39, 0.29) is 11.9 Å². The lowest BCUT2D eigenvalue weighted by atomic mass is 10.1. The van der Waals surface area contributed by atoms with Gasteiger partial charge in [0.25, 0.3) is 5.91 Å². The Morgan fingerprint density at radius 1 is 1.37 bits per heavy atom. The van der Waals surface area contributed by atoms with Crippen molar-refractivity contribution in [2.75, 3.05) is 19.5 Å². The summed E-state index contributed by atoms with van der Waals surface area (Å²) in [5.41, 5.74) is 0.493. The van der Waals surface area contributed by atoms with E-state index in [1.807, 2.05) is 6.92 Å². The minimum atomic E-state index is -0.141. The van der Waals surface area contributed by atoms with Gasteiger partial charge in [-0.05, 0) is 38.0 Å². The summed E-state index contributed by atoms with van der Waals surface area (Å²) in [6, 6.07) is 5.31. The number of carbonyl (C=O) groups is 1. The number of rotatable bonds is 7. The number of nitrogens with one attached hydrogen (secondary N) is 1. The van der Waals surface area contributed by atoms with E-state index in [0.29, 0.717) is 17.1 Å². The van der Waals surface area contributed by atoms with E-state index in [1.165, 1.54) is 0 Å². The molecule has 0 fully saturated rings. The van der Waals surface area contributed by atoms with Gasteiger partial charge < -0.3 is 14.8 Å². The molecule has 1 aromatic carbocycles. The molecule has 1 atom stereocenters. The zero-order valence-corrected chi connectivity index (χ0v) is 13.1. The van der Waals surface area contributed by atoms with Gasteiger partial charge >= 0.3 is 0 Å². The molecule has 0 aliphatic heterocycles. The van der Waals surface area contributed by atoms with Crippen LogP contribution in [0.2, 0.25) is 0 Å². The van der Waals surface area contributed by atoms with Crippen molar-refractivity contribution in [1.29, 1.82) is 0 Å². The normalized spacial score (nSPS) is 11.8. The number of hydrogen-bond acceptors (Lipinski definition) is 3. The summed E-state index contributed by atoms with van der Waals surface area (Å²) in [5.74, 6) is 1.04. The smallest absolute Gasteiger partial charge is 0.255 e. The van der Waals surface area contributed by atoms with E-state index >= 15 is 0 Å². The maximum atomic E-state index is 12.2. The monoisotopic (exact) mass is 329 g/mol. The second-order valence-electron chi connectivity index (χ2n) is 4.27. The Bertz CT molecular complexity index is 423. The van der Waals surface area contributed by atoms with Crippen molar-refractivity contribution in [2.45, 2.75) is 25.8 Å². The zero-order chi connectivity index (χ0) is 14.3. The van der Waals surface area contributed by atoms with Crippen molar-refractivity contribution in [1.82, 2.24) is 5.32 Å². The number of carbonyl (C=O) groups excluding carboxylic acids is 1. The van der Waals surface area contributed by atoms with Crippen LogP contribution >= 0.6 is 15.9 Å². The second kappa shape index (κ2) is 8.04. The molecule has 1 unspecified atom stereocenters. The molecular formula is C14H20BrNO3. The molecule has 0 bridgehead atoms. The van der Waals surface area contributed by atoms with Gasteiger partial charge in [-0.25, -0.2) is 0 Å². The summed E-state index contributed by atoms with van der Waals surface area (Å²) in [4.78, 5) is 12.2. The molecule has 4 nitrogen and oxygen atoms in total. The zero-order valence-electron chi connectivity index (χ0n) is 11.5. The molecule has 0 saturated heterocycles. The van der Waals surface area contributed by atoms with Crippen LogP contribution in [0.15, 0.2) is 18.2 Å². The molecule has 1 amide bonds. The van der Waals surface area contributed by atoms with E-state index in [4.69, 9.17) is 9.47 Å². The highest BCUT2D eigenvalue weighted by Gasteiger charge is 2.15. The molecule has 0 saturated carbocycles. The lowest BCUT2D eigenvalue weighted by Crippen LogP contribution is -2.32. The molecule has 106 valence electrons. The molecule has 0 aliphatic carbocycles. The Morgan fingerprint density at radius 3 is 2.68 bits per heavy atom. The van der Waals surface area contributed by atoms with Gasteiger partial charge in [-0.15, -0.1) is 0 Å². The number of halogens is 1. The quantitative estimate of drug-likeness (QED) is 0.782. The molecule has 5 heteroatoms. The predicted octanol–water partition coefficient (Wildman–Crippen LogP) is 3.00. The Labute approximate surface area is 122 Å². The van der Waals surface area contributed by atoms with Gasteiger partial charge in [-0.2, -0.15) is 0 Å². The summed E-state index contributed by atoms with van der Waals surface area (Å²) in [5, 5.41) is 3.90. The Hall–Kier alpha value is -1.23. The van der Waals surface area contributed by atoms with Crippen LogP contribution < -0.4 is 14.8 Å². The molecule has 0 aromatic heterocycles. The van der Waals surface area contributed by atoms with E-state index < -0.39 is 0 Å². The number of alkyl halides is 1. The van der Waals surface area contributed by atoms with E-state index in [1.54, 1.807) is 32.4 Å². The third-order valence-electron chi connectivity index (χ3n) is 2.80. The van der Waals surface area contributed by atoms with Gasteiger partial charge in [0.2, 0.25) is 0 Å². The van der Waals surface area contributed by atoms with E-state index in [9.17, 15) is 4.79 Å². The summed E-state index contributed by atoms with van der Waals surface area (Å²) in [6.07, 6.45) is 1.96. The first-order valence-electron chi connectivity index (χ1n) is 6.21. The molecular weight excluding hydrogens is 310 g/mol. The van der Waals surface area contributed by atoms with Crippen molar-refractivity contribution >= 4 is 21.8 Å². The average molecular weight is 330 g/mol. The molecule has 1 N–H and O–H groups in total. The Kier molecular flexibility index (Phi) is 6.70. The van der Waals surface area contributed by atoms with Crippen molar-refractivity contribution in [3.8, 4) is 11.5 Å². The van der Waals surface area contributed by atoms with Crippen LogP contribution in [0.1, 0.15) is 30.1 Å². The number of ether oxygens (including phenoxy) is 2. The molecule has 0 radical (unpaired) electrons. The maximum Gasteiger partial charge on any atom is 0.255 e. The van der Waals surface area contributed by atoms with Crippen molar-refractivity contribution in [2.24, 2.45) is 0 Å². The van der Waals surface area contributed by atoms with Crippen molar-refractivity contribution in [3.05, 3.63) is 23.8 Å². The van der Waals surface area contributed by atoms with Gasteiger partial charge in [-0.1, -0.05) is 15.9 Å². The highest BCUT2D eigenvalue weighted by Crippen LogP contribution is 2.24. The fourth-order valence-corrected chi connectivity index (χ4v) is 2.07. The molecule has 19 heavy (non-hydrogen) atoms. The topological polar surface area (TPSA) is 47.6 Å². The first-order chi connectivity index (χ1) is 9.12. The van der Waals surface area contributed by atoms with Gasteiger partial charge in [0, 0.05) is 11.4 Å². The van der Waals surface area contributed by atoms with Gasteiger partial charge in [-0.3, -0.25) is 4.79 Å². The van der Waals surface area contributed by atoms with Crippen LogP contribution in [0.25, 0.3) is 0 Å². The Morgan fingerprint density at radius 2 is 2.11 bits per heavy atom. The highest BCUT2D eigenvalue weighted by atomic mass is 79.9. The van der Waals surface area contributed by atoms with Gasteiger partial charge in [0.15, 0.2) is 0 Å². The standard InChI is InChI=1S/C14H20BrNO3/c1-10(5-4-8-15)16-14(17)12-9-11(18-2)6-7-13(12)19-3/h6-7,9-10H,4-5,8H2,1-3H3,(H,16,17). The van der Waals surface area contributed by atoms with Crippen LogP contribution in [-0.4, -0.2) is 31.5 Å². The largest absolute Gasteiger partial charge is 0.497 e. The van der Waals surface area contributed by atoms with E-state index in [2.05, 4.69) is 21.2 Å². The lowest BCUT2D eigenvalue weighted by Gasteiger charge is -2.15. The van der Waals surface area contributed by atoms with Crippen LogP contribution in [0.4, 0.5) is 0 Å². The van der Waals surface area contributed by atoms with Crippen molar-refractivity contribution < 1.29 is 14.3 Å². The summed E-state index contributed by atoms with van der Waals surface area (Å²) in [7, 11) is 3.12. The van der Waals surface area contributed by atoms with Crippen LogP contribution in [0.3, 0.4) is 0 Å². The number of amides is 1. The molecule has 0 aliphatic rings. The Balaban J connectivity index is 2.79. The minimum absolute atomic E-state index is 0.126. The van der Waals surface area contributed by atoms with Crippen molar-refractivity contribution in [3.63, 3.8) is 0 Å². The molecule has 1 aromatic rings. The number of hydrogen-bond donors (Lipinski definition) is 1. The summed E-state index contributed by atoms with van der Waals surface area (Å²) >= 11 is 3.38. The minimum Gasteiger partial charge on any atom is -0.497 e. The molecule has 0 spiro atoms. The maximum absolute atomic E-state index is 12.2. The molecule has 0 heterocycles.